The van der Waals surface area contributed by atoms with Crippen LogP contribution in [0, 0.1) is 0 Å². The fraction of sp³-hybridized carbons (Fsp3) is 0.348. The van der Waals surface area contributed by atoms with Gasteiger partial charge in [0, 0.05) is 35.9 Å². The van der Waals surface area contributed by atoms with Gasteiger partial charge in [0.1, 0.15) is 18.4 Å². The van der Waals surface area contributed by atoms with Crippen molar-refractivity contribution in [2.24, 2.45) is 10.3 Å². The molecule has 0 aliphatic rings. The smallest absolute Gasteiger partial charge is 0.153 e. The molecule has 0 radical (unpaired) electrons. The van der Waals surface area contributed by atoms with Crippen molar-refractivity contribution in [2.45, 2.75) is 53.8 Å². The molecule has 3 rings (SSSR count). The lowest BCUT2D eigenvalue weighted by atomic mass is 10.3. The van der Waals surface area contributed by atoms with Crippen molar-refractivity contribution < 1.29 is 9.68 Å². The molecule has 0 atom stereocenters. The molecule has 8 nitrogen and oxygen atoms in total. The fourth-order valence-corrected chi connectivity index (χ4v) is 2.21. The van der Waals surface area contributed by atoms with Crippen LogP contribution in [0.4, 0.5) is 0 Å². The SMILES string of the molecule is CC/C(C)=N/OCc1ccc(-n2cccn2)nc1.CC/C(C)=N/OCc1ccc(Cl)nc1. The highest BCUT2D eigenvalue weighted by Gasteiger charge is 1.99. The van der Waals surface area contributed by atoms with Gasteiger partial charge in [-0.2, -0.15) is 5.10 Å². The average Bonchev–Trinajstić information content (AvgIpc) is 3.36. The zero-order chi connectivity index (χ0) is 23.2. The first-order valence-corrected chi connectivity index (χ1v) is 10.8. The van der Waals surface area contributed by atoms with E-state index in [0.717, 1.165) is 41.2 Å². The number of pyridine rings is 2. The molecule has 3 heterocycles. The minimum absolute atomic E-state index is 0.432. The predicted octanol–water partition coefficient (Wildman–Crippen LogP) is 5.61. The van der Waals surface area contributed by atoms with Crippen LogP contribution < -0.4 is 0 Å². The van der Waals surface area contributed by atoms with Gasteiger partial charge in [-0.3, -0.25) is 0 Å². The lowest BCUT2D eigenvalue weighted by molar-refractivity contribution is 0.129. The molecule has 3 aromatic rings. The Morgan fingerprint density at radius 2 is 1.50 bits per heavy atom. The van der Waals surface area contributed by atoms with E-state index in [0.29, 0.717) is 18.4 Å². The predicted molar refractivity (Wildman–Crippen MR) is 127 cm³/mol. The second kappa shape index (κ2) is 13.9. The Morgan fingerprint density at radius 1 is 0.906 bits per heavy atom. The highest BCUT2D eigenvalue weighted by Crippen LogP contribution is 2.07. The van der Waals surface area contributed by atoms with E-state index >= 15 is 0 Å². The molecule has 170 valence electrons. The molecule has 32 heavy (non-hydrogen) atoms. The number of oxime groups is 2. The third-order valence-corrected chi connectivity index (χ3v) is 4.49. The van der Waals surface area contributed by atoms with E-state index in [9.17, 15) is 0 Å². The summed E-state index contributed by atoms with van der Waals surface area (Å²) in [5.41, 5.74) is 3.91. The van der Waals surface area contributed by atoms with Crippen LogP contribution in [0.15, 0.2) is 65.4 Å². The van der Waals surface area contributed by atoms with Crippen molar-refractivity contribution in [3.05, 3.63) is 71.4 Å². The van der Waals surface area contributed by atoms with Crippen molar-refractivity contribution >= 4 is 23.0 Å². The van der Waals surface area contributed by atoms with Crippen LogP contribution in [-0.4, -0.2) is 31.2 Å². The molecule has 0 aliphatic heterocycles. The van der Waals surface area contributed by atoms with Crippen molar-refractivity contribution in [1.29, 1.82) is 0 Å². The van der Waals surface area contributed by atoms with Crippen LogP contribution in [0.25, 0.3) is 5.82 Å². The molecule has 9 heteroatoms. The Labute approximate surface area is 193 Å². The summed E-state index contributed by atoms with van der Waals surface area (Å²) in [5, 5.41) is 12.5. The first kappa shape index (κ1) is 25.0. The van der Waals surface area contributed by atoms with Crippen molar-refractivity contribution in [2.75, 3.05) is 0 Å². The van der Waals surface area contributed by atoms with E-state index in [2.05, 4.69) is 25.4 Å². The van der Waals surface area contributed by atoms with Gasteiger partial charge in [-0.15, -0.1) is 0 Å². The van der Waals surface area contributed by atoms with E-state index in [4.69, 9.17) is 21.3 Å². The van der Waals surface area contributed by atoms with Crippen LogP contribution in [0.5, 0.6) is 0 Å². The fourth-order valence-electron chi connectivity index (χ4n) is 2.10. The van der Waals surface area contributed by atoms with Gasteiger partial charge in [0.25, 0.3) is 0 Å². The minimum Gasteiger partial charge on any atom is -0.391 e. The van der Waals surface area contributed by atoms with E-state index in [1.807, 2.05) is 58.2 Å². The molecule has 0 saturated carbocycles. The van der Waals surface area contributed by atoms with Gasteiger partial charge in [0.15, 0.2) is 5.82 Å². The molecule has 0 aliphatic carbocycles. The average molecular weight is 457 g/mol. The summed E-state index contributed by atoms with van der Waals surface area (Å²) in [7, 11) is 0. The van der Waals surface area contributed by atoms with Crippen LogP contribution in [0.3, 0.4) is 0 Å². The summed E-state index contributed by atoms with van der Waals surface area (Å²) < 4.78 is 1.71. The van der Waals surface area contributed by atoms with E-state index < -0.39 is 0 Å². The number of hydrogen-bond acceptors (Lipinski definition) is 7. The van der Waals surface area contributed by atoms with Crippen LogP contribution in [-0.2, 0) is 22.9 Å². The zero-order valence-corrected chi connectivity index (χ0v) is 19.7. The summed E-state index contributed by atoms with van der Waals surface area (Å²) >= 11 is 5.64. The maximum absolute atomic E-state index is 5.64. The molecule has 0 unspecified atom stereocenters. The third-order valence-electron chi connectivity index (χ3n) is 4.26. The molecule has 0 amide bonds. The zero-order valence-electron chi connectivity index (χ0n) is 18.9. The van der Waals surface area contributed by atoms with Gasteiger partial charge >= 0.3 is 0 Å². The Hall–Kier alpha value is -3.26. The Balaban J connectivity index is 0.000000235. The molecular formula is C23H29ClN6O2. The number of hydrogen-bond donors (Lipinski definition) is 0. The van der Waals surface area contributed by atoms with Crippen LogP contribution >= 0.6 is 11.6 Å². The number of halogens is 1. The summed E-state index contributed by atoms with van der Waals surface area (Å²) in [6.45, 7) is 8.82. The number of aromatic nitrogens is 4. The normalized spacial score (nSPS) is 11.5. The molecule has 0 N–H and O–H groups in total. The molecule has 0 bridgehead atoms. The summed E-state index contributed by atoms with van der Waals surface area (Å²) in [4.78, 5) is 18.6. The standard InChI is InChI=1S/C13H16N4O.C10H13ClN2O/c1-3-11(2)16-18-10-12-5-6-13(14-9-12)17-8-4-7-15-17;1-3-8(2)13-14-7-9-4-5-10(11)12-6-9/h4-9H,3,10H2,1-2H3;4-6H,3,7H2,1-2H3/b16-11+;13-8+. The largest absolute Gasteiger partial charge is 0.391 e. The Bertz CT molecular complexity index is 971. The number of rotatable bonds is 9. The van der Waals surface area contributed by atoms with Gasteiger partial charge in [-0.1, -0.05) is 47.9 Å². The maximum Gasteiger partial charge on any atom is 0.153 e. The van der Waals surface area contributed by atoms with Gasteiger partial charge in [-0.05, 0) is 44.9 Å². The monoisotopic (exact) mass is 456 g/mol. The minimum atomic E-state index is 0.432. The lowest BCUT2D eigenvalue weighted by Gasteiger charge is -2.03. The van der Waals surface area contributed by atoms with Crippen LogP contribution in [0.2, 0.25) is 5.15 Å². The Morgan fingerprint density at radius 3 is 1.94 bits per heavy atom. The van der Waals surface area contributed by atoms with Crippen molar-refractivity contribution in [1.82, 2.24) is 19.7 Å². The second-order valence-electron chi connectivity index (χ2n) is 6.87. The molecule has 0 saturated heterocycles. The van der Waals surface area contributed by atoms with E-state index in [1.165, 1.54) is 0 Å². The lowest BCUT2D eigenvalue weighted by Crippen LogP contribution is -1.99. The van der Waals surface area contributed by atoms with Gasteiger partial charge in [0.2, 0.25) is 0 Å². The van der Waals surface area contributed by atoms with Crippen molar-refractivity contribution in [3.8, 4) is 5.82 Å². The highest BCUT2D eigenvalue weighted by atomic mass is 35.5. The molecule has 3 aromatic heterocycles. The number of nitrogens with zero attached hydrogens (tertiary/aromatic N) is 6. The highest BCUT2D eigenvalue weighted by molar-refractivity contribution is 6.29. The molecular weight excluding hydrogens is 428 g/mol. The van der Waals surface area contributed by atoms with Gasteiger partial charge in [0.05, 0.1) is 11.4 Å². The van der Waals surface area contributed by atoms with E-state index in [-0.39, 0.29) is 0 Å². The van der Waals surface area contributed by atoms with Gasteiger partial charge < -0.3 is 9.68 Å². The van der Waals surface area contributed by atoms with Gasteiger partial charge in [-0.25, -0.2) is 14.6 Å². The van der Waals surface area contributed by atoms with Crippen LogP contribution in [0.1, 0.15) is 51.7 Å². The van der Waals surface area contributed by atoms with E-state index in [1.54, 1.807) is 29.3 Å². The molecule has 0 spiro atoms. The first-order chi connectivity index (χ1) is 15.5. The second-order valence-corrected chi connectivity index (χ2v) is 7.26. The third kappa shape index (κ3) is 9.26. The molecule has 0 fully saturated rings. The molecule has 0 aromatic carbocycles. The topological polar surface area (TPSA) is 86.8 Å². The maximum atomic E-state index is 5.64. The summed E-state index contributed by atoms with van der Waals surface area (Å²) in [6.07, 6.45) is 8.83. The first-order valence-electron chi connectivity index (χ1n) is 10.4. The quantitative estimate of drug-likeness (QED) is 0.237. The van der Waals surface area contributed by atoms with Crippen molar-refractivity contribution in [3.63, 3.8) is 0 Å². The Kier molecular flexibility index (Phi) is 10.9. The summed E-state index contributed by atoms with van der Waals surface area (Å²) in [6, 6.07) is 9.33. The summed E-state index contributed by atoms with van der Waals surface area (Å²) in [5.74, 6) is 0.789.